The molecule has 1 aliphatic heterocycles. The number of ether oxygens (including phenoxy) is 1. The number of carbonyl (C=O) groups is 1. The first kappa shape index (κ1) is 28.0. The van der Waals surface area contributed by atoms with Gasteiger partial charge in [-0.05, 0) is 19.1 Å². The Morgan fingerprint density at radius 2 is 1.93 bits per heavy atom. The number of hydrogen-bond donors (Lipinski definition) is 2. The van der Waals surface area contributed by atoms with Crippen molar-refractivity contribution in [2.24, 2.45) is 0 Å². The van der Waals surface area contributed by atoms with Gasteiger partial charge in [-0.1, -0.05) is 29.5 Å². The van der Waals surface area contributed by atoms with Gasteiger partial charge in [0.25, 0.3) is 15.9 Å². The number of hydrogen-bond acceptors (Lipinski definition) is 11. The largest absolute Gasteiger partial charge is 0.375 e. The van der Waals surface area contributed by atoms with Crippen LogP contribution in [0, 0.1) is 0 Å². The number of benzene rings is 1. The van der Waals surface area contributed by atoms with Crippen molar-refractivity contribution in [2.75, 3.05) is 57.1 Å². The molecule has 210 valence electrons. The van der Waals surface area contributed by atoms with Crippen LogP contribution < -0.4 is 10.6 Å². The van der Waals surface area contributed by atoms with Crippen molar-refractivity contribution < 1.29 is 17.9 Å². The van der Waals surface area contributed by atoms with Crippen LogP contribution in [-0.4, -0.2) is 95.9 Å². The molecular weight excluding hydrogens is 552 g/mol. The third-order valence-electron chi connectivity index (χ3n) is 6.48. The van der Waals surface area contributed by atoms with Gasteiger partial charge in [-0.15, -0.1) is 0 Å². The number of carbonyl (C=O) groups excluding carboxylic acids is 1. The number of amides is 1. The maximum atomic E-state index is 13.1. The third-order valence-corrected chi connectivity index (χ3v) is 9.73. The Morgan fingerprint density at radius 1 is 1.10 bits per heavy atom. The zero-order valence-electron chi connectivity index (χ0n) is 22.1. The van der Waals surface area contributed by atoms with E-state index in [9.17, 15) is 13.2 Å². The Kier molecular flexibility index (Phi) is 8.61. The second-order valence-electron chi connectivity index (χ2n) is 9.38. The number of aromatic nitrogens is 4. The molecule has 12 nitrogen and oxygen atoms in total. The molecule has 0 spiro atoms. The molecule has 1 aromatic carbocycles. The van der Waals surface area contributed by atoms with E-state index in [1.807, 2.05) is 36.5 Å². The Labute approximate surface area is 236 Å². The van der Waals surface area contributed by atoms with Crippen LogP contribution in [0.5, 0.6) is 0 Å². The number of methoxy groups -OCH3 is 1. The first-order chi connectivity index (χ1) is 19.3. The van der Waals surface area contributed by atoms with E-state index in [0.29, 0.717) is 26.2 Å². The molecule has 1 saturated heterocycles. The van der Waals surface area contributed by atoms with E-state index in [0.717, 1.165) is 45.7 Å². The Hall–Kier alpha value is -3.56. The Bertz CT molecular complexity index is 1570. The number of nitrogens with zero attached hydrogens (tertiary/aromatic N) is 6. The van der Waals surface area contributed by atoms with Crippen molar-refractivity contribution in [3.63, 3.8) is 0 Å². The molecule has 0 aliphatic carbocycles. The van der Waals surface area contributed by atoms with Crippen molar-refractivity contribution in [1.82, 2.24) is 29.1 Å². The molecule has 1 fully saturated rings. The van der Waals surface area contributed by atoms with Gasteiger partial charge >= 0.3 is 0 Å². The molecule has 14 heteroatoms. The molecule has 1 atom stereocenters. The van der Waals surface area contributed by atoms with Crippen molar-refractivity contribution in [3.05, 3.63) is 55.2 Å². The highest BCUT2D eigenvalue weighted by Gasteiger charge is 2.31. The molecule has 40 heavy (non-hydrogen) atoms. The molecule has 3 aromatic heterocycles. The Morgan fingerprint density at radius 3 is 2.67 bits per heavy atom. The third kappa shape index (κ3) is 6.26. The minimum Gasteiger partial charge on any atom is -0.375 e. The van der Waals surface area contributed by atoms with E-state index in [-0.39, 0.29) is 27.9 Å². The lowest BCUT2D eigenvalue weighted by Crippen LogP contribution is -2.50. The highest BCUT2D eigenvalue weighted by atomic mass is 32.2. The minimum atomic E-state index is -3.70. The van der Waals surface area contributed by atoms with Gasteiger partial charge in [0.15, 0.2) is 9.34 Å². The molecule has 5 rings (SSSR count). The molecule has 0 saturated carbocycles. The Balaban J connectivity index is 1.19. The lowest BCUT2D eigenvalue weighted by Gasteiger charge is -2.35. The van der Waals surface area contributed by atoms with Gasteiger partial charge in [-0.25, -0.2) is 23.4 Å². The second kappa shape index (κ2) is 12.3. The summed E-state index contributed by atoms with van der Waals surface area (Å²) >= 11 is 0.933. The predicted octanol–water partition coefficient (Wildman–Crippen LogP) is 2.54. The van der Waals surface area contributed by atoms with Gasteiger partial charge < -0.3 is 10.1 Å². The fourth-order valence-electron chi connectivity index (χ4n) is 4.63. The van der Waals surface area contributed by atoms with Gasteiger partial charge in [-0.3, -0.25) is 20.0 Å². The van der Waals surface area contributed by atoms with E-state index in [1.54, 1.807) is 12.5 Å². The van der Waals surface area contributed by atoms with Gasteiger partial charge in [0.2, 0.25) is 0 Å². The fraction of sp³-hybridized carbons (Fsp3) is 0.346. The number of rotatable bonds is 10. The smallest absolute Gasteiger partial charge is 0.254 e. The molecule has 0 radical (unpaired) electrons. The summed E-state index contributed by atoms with van der Waals surface area (Å²) in [4.78, 5) is 31.2. The lowest BCUT2D eigenvalue weighted by molar-refractivity contribution is -0.119. The number of sulfonamides is 1. The van der Waals surface area contributed by atoms with Crippen LogP contribution in [0.2, 0.25) is 0 Å². The van der Waals surface area contributed by atoms with Crippen LogP contribution in [0.15, 0.2) is 59.5 Å². The summed E-state index contributed by atoms with van der Waals surface area (Å²) in [6, 6.07) is 9.99. The van der Waals surface area contributed by atoms with Crippen molar-refractivity contribution in [2.45, 2.75) is 17.2 Å². The molecule has 1 amide bonds. The lowest BCUT2D eigenvalue weighted by atomic mass is 10.0. The highest BCUT2D eigenvalue weighted by molar-refractivity contribution is 7.91. The predicted molar refractivity (Wildman–Crippen MR) is 154 cm³/mol. The number of nitrogens with one attached hydrogen (secondary N) is 2. The van der Waals surface area contributed by atoms with Crippen LogP contribution in [0.3, 0.4) is 0 Å². The monoisotopic (exact) mass is 582 g/mol. The van der Waals surface area contributed by atoms with Crippen LogP contribution >= 0.6 is 11.3 Å². The molecule has 1 aliphatic rings. The molecule has 1 unspecified atom stereocenters. The zero-order chi connectivity index (χ0) is 28.1. The summed E-state index contributed by atoms with van der Waals surface area (Å²) in [7, 11) is -2.29. The average Bonchev–Trinajstić information content (AvgIpc) is 3.43. The molecule has 4 heterocycles. The number of piperazine rings is 1. The van der Waals surface area contributed by atoms with Crippen LogP contribution in [0.25, 0.3) is 22.0 Å². The van der Waals surface area contributed by atoms with E-state index >= 15 is 0 Å². The standard InChI is InChI=1S/C26H30N8O4S2/c1-18(31-25-21-7-3-6-20(24(21)29-17-30-25)19-5-4-8-27-13-19)15-33-9-11-34(12-10-33)40(36,37)23-14-28-26(39-23)32-22(35)16-38-2/h3-8,13-14,17-18H,9-12,15-16H2,1-2H3,(H,28,32,35)(H,29,30,31). The van der Waals surface area contributed by atoms with E-state index in [4.69, 9.17) is 4.74 Å². The van der Waals surface area contributed by atoms with Crippen LogP contribution in [0.1, 0.15) is 6.92 Å². The summed E-state index contributed by atoms with van der Waals surface area (Å²) in [6.45, 7) is 4.59. The first-order valence-corrected chi connectivity index (χ1v) is 15.0. The van der Waals surface area contributed by atoms with Gasteiger partial charge in [0, 0.05) is 74.8 Å². The normalized spacial score (nSPS) is 15.7. The van der Waals surface area contributed by atoms with Crippen molar-refractivity contribution in [1.29, 1.82) is 0 Å². The van der Waals surface area contributed by atoms with Gasteiger partial charge in [0.1, 0.15) is 18.8 Å². The quantitative estimate of drug-likeness (QED) is 0.286. The minimum absolute atomic E-state index is 0.0584. The second-order valence-corrected chi connectivity index (χ2v) is 12.6. The maximum absolute atomic E-state index is 13.1. The molecule has 0 bridgehead atoms. The number of thiazole rings is 1. The van der Waals surface area contributed by atoms with Gasteiger partial charge in [0.05, 0.1) is 11.7 Å². The summed E-state index contributed by atoms with van der Waals surface area (Å²) in [5.74, 6) is 0.365. The first-order valence-electron chi connectivity index (χ1n) is 12.7. The summed E-state index contributed by atoms with van der Waals surface area (Å²) in [5.41, 5.74) is 2.83. The van der Waals surface area contributed by atoms with E-state index in [1.165, 1.54) is 17.6 Å². The maximum Gasteiger partial charge on any atom is 0.254 e. The topological polar surface area (TPSA) is 143 Å². The van der Waals surface area contributed by atoms with Crippen molar-refractivity contribution in [3.8, 4) is 11.1 Å². The van der Waals surface area contributed by atoms with E-state index < -0.39 is 10.0 Å². The summed E-state index contributed by atoms with van der Waals surface area (Å²) in [6.07, 6.45) is 6.41. The van der Waals surface area contributed by atoms with Gasteiger partial charge in [-0.2, -0.15) is 4.31 Å². The number of fused-ring (bicyclic) bond motifs is 1. The number of para-hydroxylation sites is 1. The molecular formula is C26H30N8O4S2. The van der Waals surface area contributed by atoms with Crippen LogP contribution in [0.4, 0.5) is 10.9 Å². The molecule has 2 N–H and O–H groups in total. The van der Waals surface area contributed by atoms with Crippen molar-refractivity contribution >= 4 is 49.1 Å². The van der Waals surface area contributed by atoms with Crippen LogP contribution in [-0.2, 0) is 19.6 Å². The van der Waals surface area contributed by atoms with E-state index in [2.05, 4.69) is 42.4 Å². The number of anilines is 2. The molecule has 4 aromatic rings. The highest BCUT2D eigenvalue weighted by Crippen LogP contribution is 2.30. The fourth-order valence-corrected chi connectivity index (χ4v) is 7.25. The SMILES string of the molecule is COCC(=O)Nc1ncc(S(=O)(=O)N2CCN(CC(C)Nc3ncnc4c(-c5cccnc5)cccc34)CC2)s1. The number of pyridine rings is 1. The zero-order valence-corrected chi connectivity index (χ0v) is 23.8. The summed E-state index contributed by atoms with van der Waals surface area (Å²) < 4.78 is 32.6. The summed E-state index contributed by atoms with van der Waals surface area (Å²) in [5, 5.41) is 7.21. The average molecular weight is 583 g/mol.